The van der Waals surface area contributed by atoms with Gasteiger partial charge in [-0.3, -0.25) is 9.59 Å². The summed E-state index contributed by atoms with van der Waals surface area (Å²) >= 11 is 0. The van der Waals surface area contributed by atoms with Gasteiger partial charge in [-0.15, -0.1) is 0 Å². The second-order valence-electron chi connectivity index (χ2n) is 6.81. The minimum absolute atomic E-state index is 0.00956. The first-order valence-electron chi connectivity index (χ1n) is 9.12. The van der Waals surface area contributed by atoms with Crippen LogP contribution in [0, 0.1) is 17.6 Å². The number of hydrogen-bond donors (Lipinski definition) is 1. The van der Waals surface area contributed by atoms with Gasteiger partial charge in [0.25, 0.3) is 5.91 Å². The van der Waals surface area contributed by atoms with Crippen LogP contribution in [0.2, 0.25) is 0 Å². The van der Waals surface area contributed by atoms with Crippen LogP contribution < -0.4 is 5.32 Å². The molecular formula is C21H22F2N2O2. The highest BCUT2D eigenvalue weighted by molar-refractivity contribution is 5.94. The summed E-state index contributed by atoms with van der Waals surface area (Å²) in [5.74, 6) is -1.35. The molecule has 0 spiro atoms. The van der Waals surface area contributed by atoms with Crippen molar-refractivity contribution in [3.05, 3.63) is 65.7 Å². The van der Waals surface area contributed by atoms with Crippen molar-refractivity contribution >= 4 is 17.5 Å². The van der Waals surface area contributed by atoms with Gasteiger partial charge >= 0.3 is 0 Å². The number of carbonyl (C=O) groups is 2. The van der Waals surface area contributed by atoms with E-state index in [1.54, 1.807) is 0 Å². The molecule has 2 aromatic carbocycles. The van der Waals surface area contributed by atoms with Gasteiger partial charge in [-0.05, 0) is 49.4 Å². The van der Waals surface area contributed by atoms with Crippen LogP contribution in [0.25, 0.3) is 0 Å². The Labute approximate surface area is 157 Å². The molecule has 0 unspecified atom stereocenters. The molecule has 1 heterocycles. The summed E-state index contributed by atoms with van der Waals surface area (Å²) in [6.45, 7) is 1.35. The highest BCUT2D eigenvalue weighted by Gasteiger charge is 2.24. The van der Waals surface area contributed by atoms with Crippen molar-refractivity contribution in [2.45, 2.75) is 25.7 Å². The zero-order chi connectivity index (χ0) is 19.2. The second kappa shape index (κ2) is 8.75. The van der Waals surface area contributed by atoms with Crippen LogP contribution in [0.4, 0.5) is 14.5 Å². The maximum atomic E-state index is 13.6. The number of likely N-dealkylation sites (tertiary alicyclic amines) is 1. The van der Waals surface area contributed by atoms with E-state index < -0.39 is 11.6 Å². The summed E-state index contributed by atoms with van der Waals surface area (Å²) in [6.07, 6.45) is 2.64. The minimum atomic E-state index is -0.781. The quantitative estimate of drug-likeness (QED) is 0.854. The van der Waals surface area contributed by atoms with Crippen LogP contribution >= 0.6 is 0 Å². The molecule has 2 aromatic rings. The van der Waals surface area contributed by atoms with Gasteiger partial charge in [0.15, 0.2) is 0 Å². The van der Waals surface area contributed by atoms with Crippen LogP contribution in [-0.2, 0) is 4.79 Å². The first-order chi connectivity index (χ1) is 13.0. The predicted octanol–water partition coefficient (Wildman–Crippen LogP) is 4.24. The molecule has 0 aromatic heterocycles. The number of amides is 2. The maximum Gasteiger partial charge on any atom is 0.253 e. The molecule has 3 rings (SSSR count). The first-order valence-corrected chi connectivity index (χ1v) is 9.12. The maximum absolute atomic E-state index is 13.6. The van der Waals surface area contributed by atoms with Crippen LogP contribution in [0.1, 0.15) is 36.0 Å². The average molecular weight is 372 g/mol. The summed E-state index contributed by atoms with van der Waals surface area (Å²) in [4.78, 5) is 26.3. The van der Waals surface area contributed by atoms with E-state index in [2.05, 4.69) is 5.32 Å². The third kappa shape index (κ3) is 5.12. The predicted molar refractivity (Wildman–Crippen MR) is 99.3 cm³/mol. The lowest BCUT2D eigenvalue weighted by molar-refractivity contribution is -0.116. The van der Waals surface area contributed by atoms with E-state index >= 15 is 0 Å². The highest BCUT2D eigenvalue weighted by Crippen LogP contribution is 2.24. The Bertz CT molecular complexity index is 803. The molecule has 0 aliphatic carbocycles. The van der Waals surface area contributed by atoms with E-state index in [9.17, 15) is 18.4 Å². The Hall–Kier alpha value is -2.76. The summed E-state index contributed by atoms with van der Waals surface area (Å²) in [7, 11) is 0. The van der Waals surface area contributed by atoms with Crippen LogP contribution in [0.5, 0.6) is 0 Å². The number of hydrogen-bond acceptors (Lipinski definition) is 2. The standard InChI is InChI=1S/C21H22F2N2O2/c22-17-7-8-19(18(23)14-17)24-20(26)9-6-15-10-12-25(13-11-15)21(27)16-4-2-1-3-5-16/h1-5,7-8,14-15H,6,9-13H2,(H,24,26). The highest BCUT2D eigenvalue weighted by atomic mass is 19.1. The lowest BCUT2D eigenvalue weighted by Crippen LogP contribution is -2.38. The molecule has 1 fully saturated rings. The number of carbonyl (C=O) groups excluding carboxylic acids is 2. The van der Waals surface area contributed by atoms with Crippen molar-refractivity contribution in [1.82, 2.24) is 4.90 Å². The molecule has 0 saturated carbocycles. The molecule has 142 valence electrons. The summed E-state index contributed by atoms with van der Waals surface area (Å²) in [5.41, 5.74) is 0.682. The van der Waals surface area contributed by atoms with Crippen LogP contribution in [-0.4, -0.2) is 29.8 Å². The number of anilines is 1. The molecule has 4 nitrogen and oxygen atoms in total. The average Bonchev–Trinajstić information content (AvgIpc) is 2.69. The third-order valence-corrected chi connectivity index (χ3v) is 4.91. The number of nitrogens with one attached hydrogen (secondary N) is 1. The lowest BCUT2D eigenvalue weighted by Gasteiger charge is -2.32. The fraction of sp³-hybridized carbons (Fsp3) is 0.333. The first kappa shape index (κ1) is 19.0. The van der Waals surface area contributed by atoms with E-state index in [0.717, 1.165) is 25.0 Å². The molecule has 0 atom stereocenters. The molecule has 1 saturated heterocycles. The van der Waals surface area contributed by atoms with Gasteiger partial charge < -0.3 is 10.2 Å². The molecule has 2 amide bonds. The van der Waals surface area contributed by atoms with Gasteiger partial charge in [0.1, 0.15) is 11.6 Å². The normalized spacial score (nSPS) is 14.8. The number of rotatable bonds is 5. The van der Waals surface area contributed by atoms with Gasteiger partial charge in [0.2, 0.25) is 5.91 Å². The number of halogens is 2. The topological polar surface area (TPSA) is 49.4 Å². The summed E-state index contributed by atoms with van der Waals surface area (Å²) in [6, 6.07) is 12.3. The zero-order valence-electron chi connectivity index (χ0n) is 15.0. The molecule has 1 aliphatic heterocycles. The number of nitrogens with zero attached hydrogens (tertiary/aromatic N) is 1. The van der Waals surface area contributed by atoms with E-state index in [1.807, 2.05) is 35.2 Å². The Morgan fingerprint density at radius 1 is 1.04 bits per heavy atom. The monoisotopic (exact) mass is 372 g/mol. The van der Waals surface area contributed by atoms with E-state index in [1.165, 1.54) is 6.07 Å². The van der Waals surface area contributed by atoms with Crippen molar-refractivity contribution < 1.29 is 18.4 Å². The van der Waals surface area contributed by atoms with E-state index in [-0.39, 0.29) is 23.9 Å². The van der Waals surface area contributed by atoms with Crippen molar-refractivity contribution in [1.29, 1.82) is 0 Å². The van der Waals surface area contributed by atoms with Gasteiger partial charge in [0.05, 0.1) is 5.69 Å². The molecule has 1 N–H and O–H groups in total. The van der Waals surface area contributed by atoms with Gasteiger partial charge in [-0.25, -0.2) is 8.78 Å². The van der Waals surface area contributed by atoms with Crippen LogP contribution in [0.15, 0.2) is 48.5 Å². The molecule has 6 heteroatoms. The molecule has 27 heavy (non-hydrogen) atoms. The zero-order valence-corrected chi connectivity index (χ0v) is 15.0. The third-order valence-electron chi connectivity index (χ3n) is 4.91. The Morgan fingerprint density at radius 2 is 1.74 bits per heavy atom. The van der Waals surface area contributed by atoms with Gasteiger partial charge in [-0.1, -0.05) is 18.2 Å². The number of piperidine rings is 1. The van der Waals surface area contributed by atoms with Crippen molar-refractivity contribution in [2.75, 3.05) is 18.4 Å². The number of benzene rings is 2. The van der Waals surface area contributed by atoms with Crippen molar-refractivity contribution in [2.24, 2.45) is 5.92 Å². The summed E-state index contributed by atoms with van der Waals surface area (Å²) < 4.78 is 26.5. The second-order valence-corrected chi connectivity index (χ2v) is 6.81. The van der Waals surface area contributed by atoms with Crippen molar-refractivity contribution in [3.63, 3.8) is 0 Å². The smallest absolute Gasteiger partial charge is 0.253 e. The minimum Gasteiger partial charge on any atom is -0.339 e. The molecule has 0 bridgehead atoms. The van der Waals surface area contributed by atoms with E-state index in [0.29, 0.717) is 31.0 Å². The molecule has 0 radical (unpaired) electrons. The molecular weight excluding hydrogens is 350 g/mol. The Morgan fingerprint density at radius 3 is 2.41 bits per heavy atom. The largest absolute Gasteiger partial charge is 0.339 e. The Kier molecular flexibility index (Phi) is 6.16. The lowest BCUT2D eigenvalue weighted by atomic mass is 9.91. The van der Waals surface area contributed by atoms with E-state index in [4.69, 9.17) is 0 Å². The summed E-state index contributed by atoms with van der Waals surface area (Å²) in [5, 5.41) is 2.48. The Balaban J connectivity index is 1.43. The molecule has 1 aliphatic rings. The fourth-order valence-corrected chi connectivity index (χ4v) is 3.33. The van der Waals surface area contributed by atoms with Crippen molar-refractivity contribution in [3.8, 4) is 0 Å². The van der Waals surface area contributed by atoms with Gasteiger partial charge in [-0.2, -0.15) is 0 Å². The van der Waals surface area contributed by atoms with Crippen LogP contribution in [0.3, 0.4) is 0 Å². The SMILES string of the molecule is O=C(CCC1CCN(C(=O)c2ccccc2)CC1)Nc1ccc(F)cc1F. The fourth-order valence-electron chi connectivity index (χ4n) is 3.33. The van der Waals surface area contributed by atoms with Gasteiger partial charge in [0, 0.05) is 31.1 Å².